The van der Waals surface area contributed by atoms with Crippen molar-refractivity contribution >= 4 is 22.7 Å². The minimum Gasteiger partial charge on any atom is -0.477 e. The fraction of sp³-hybridized carbons (Fsp3) is 0.240. The Kier molecular flexibility index (Phi) is 5.11. The van der Waals surface area contributed by atoms with E-state index in [9.17, 15) is 9.90 Å². The van der Waals surface area contributed by atoms with Crippen LogP contribution in [0.5, 0.6) is 0 Å². The van der Waals surface area contributed by atoms with Crippen molar-refractivity contribution in [2.24, 2.45) is 0 Å². The van der Waals surface area contributed by atoms with E-state index in [0.717, 1.165) is 54.1 Å². The lowest BCUT2D eigenvalue weighted by molar-refractivity contribution is 0.0691. The second kappa shape index (κ2) is 8.09. The number of piperazine rings is 1. The first kappa shape index (κ1) is 20.2. The minimum atomic E-state index is -1.05. The van der Waals surface area contributed by atoms with Gasteiger partial charge < -0.3 is 14.9 Å². The van der Waals surface area contributed by atoms with E-state index in [1.807, 2.05) is 37.3 Å². The van der Waals surface area contributed by atoms with Gasteiger partial charge in [0, 0.05) is 31.9 Å². The molecule has 1 aliphatic heterocycles. The summed E-state index contributed by atoms with van der Waals surface area (Å²) >= 11 is 0. The molecule has 3 heterocycles. The third kappa shape index (κ3) is 3.61. The largest absolute Gasteiger partial charge is 0.477 e. The monoisotopic (exact) mass is 427 g/mol. The van der Waals surface area contributed by atoms with Crippen LogP contribution in [0.25, 0.3) is 27.8 Å². The molecule has 7 heteroatoms. The number of aryl methyl sites for hydroxylation is 1. The molecule has 0 aliphatic carbocycles. The number of aromatic nitrogens is 3. The van der Waals surface area contributed by atoms with Crippen LogP contribution in [0.1, 0.15) is 16.2 Å². The lowest BCUT2D eigenvalue weighted by Gasteiger charge is -2.34. The molecule has 0 saturated carbocycles. The molecule has 0 atom stereocenters. The molecule has 7 nitrogen and oxygen atoms in total. The second-order valence-electron chi connectivity index (χ2n) is 8.23. The van der Waals surface area contributed by atoms with Crippen molar-refractivity contribution < 1.29 is 9.90 Å². The Balaban J connectivity index is 1.62. The Bertz CT molecular complexity index is 1270. The van der Waals surface area contributed by atoms with Gasteiger partial charge in [0.2, 0.25) is 0 Å². The average Bonchev–Trinajstić information content (AvgIpc) is 3.16. The van der Waals surface area contributed by atoms with Crippen LogP contribution in [0, 0.1) is 6.92 Å². The van der Waals surface area contributed by atoms with E-state index in [2.05, 4.69) is 46.1 Å². The van der Waals surface area contributed by atoms with E-state index < -0.39 is 5.97 Å². The number of benzene rings is 2. The predicted octanol–water partition coefficient (Wildman–Crippen LogP) is 3.85. The summed E-state index contributed by atoms with van der Waals surface area (Å²) in [5.41, 5.74) is 5.18. The molecule has 0 amide bonds. The van der Waals surface area contributed by atoms with Gasteiger partial charge in [-0.3, -0.25) is 0 Å². The minimum absolute atomic E-state index is 0.00715. The molecule has 2 aromatic carbocycles. The highest BCUT2D eigenvalue weighted by Gasteiger charge is 2.20. The number of aromatic carboxylic acids is 1. The van der Waals surface area contributed by atoms with Crippen molar-refractivity contribution in [3.63, 3.8) is 0 Å². The molecule has 1 fully saturated rings. The first-order chi connectivity index (χ1) is 15.5. The maximum absolute atomic E-state index is 11.9. The second-order valence-corrected chi connectivity index (χ2v) is 8.23. The van der Waals surface area contributed by atoms with Crippen LogP contribution in [-0.2, 0) is 0 Å². The number of fused-ring (bicyclic) bond motifs is 1. The zero-order valence-electron chi connectivity index (χ0n) is 18.2. The number of nitrogens with zero attached hydrogens (tertiary/aromatic N) is 5. The molecule has 4 aromatic rings. The number of carboxylic acid groups (broad SMARTS) is 1. The van der Waals surface area contributed by atoms with Gasteiger partial charge in [-0.1, -0.05) is 30.3 Å². The molecule has 0 radical (unpaired) electrons. The van der Waals surface area contributed by atoms with E-state index in [1.165, 1.54) is 5.69 Å². The van der Waals surface area contributed by atoms with E-state index >= 15 is 0 Å². The third-order valence-electron chi connectivity index (χ3n) is 6.08. The lowest BCUT2D eigenvalue weighted by Crippen LogP contribution is -2.44. The zero-order valence-corrected chi connectivity index (χ0v) is 18.2. The highest BCUT2D eigenvalue weighted by molar-refractivity contribution is 6.00. The van der Waals surface area contributed by atoms with Gasteiger partial charge in [0.15, 0.2) is 11.3 Å². The molecule has 0 unspecified atom stereocenters. The zero-order chi connectivity index (χ0) is 22.2. The van der Waals surface area contributed by atoms with Crippen molar-refractivity contribution in [1.29, 1.82) is 0 Å². The maximum Gasteiger partial charge on any atom is 0.354 e. The molecule has 32 heavy (non-hydrogen) atoms. The topological polar surface area (TPSA) is 74.5 Å². The fourth-order valence-electron chi connectivity index (χ4n) is 4.29. The Labute approximate surface area is 186 Å². The van der Waals surface area contributed by atoms with Crippen LogP contribution in [-0.4, -0.2) is 64.0 Å². The number of carbonyl (C=O) groups is 1. The predicted molar refractivity (Wildman–Crippen MR) is 126 cm³/mol. The van der Waals surface area contributed by atoms with Crippen molar-refractivity contribution in [3.05, 3.63) is 72.1 Å². The van der Waals surface area contributed by atoms with Gasteiger partial charge >= 0.3 is 5.97 Å². The van der Waals surface area contributed by atoms with E-state index in [4.69, 9.17) is 5.10 Å². The normalized spacial score (nSPS) is 14.8. The number of anilines is 1. The van der Waals surface area contributed by atoms with Gasteiger partial charge in [0.1, 0.15) is 0 Å². The van der Waals surface area contributed by atoms with Gasteiger partial charge in [-0.25, -0.2) is 14.5 Å². The summed E-state index contributed by atoms with van der Waals surface area (Å²) in [6, 6.07) is 19.7. The van der Waals surface area contributed by atoms with Crippen molar-refractivity contribution in [2.45, 2.75) is 6.92 Å². The van der Waals surface area contributed by atoms with Gasteiger partial charge in [0.25, 0.3) is 0 Å². The maximum atomic E-state index is 11.9. The number of likely N-dealkylation sites (N-methyl/N-ethyl adjacent to an activating group) is 1. The molecule has 162 valence electrons. The Morgan fingerprint density at radius 3 is 2.28 bits per heavy atom. The fourth-order valence-corrected chi connectivity index (χ4v) is 4.29. The number of carboxylic acids is 1. The van der Waals surface area contributed by atoms with Crippen LogP contribution >= 0.6 is 0 Å². The molecule has 1 N–H and O–H groups in total. The van der Waals surface area contributed by atoms with E-state index in [0.29, 0.717) is 5.65 Å². The molecule has 1 aliphatic rings. The van der Waals surface area contributed by atoms with E-state index in [-0.39, 0.29) is 5.69 Å². The summed E-state index contributed by atoms with van der Waals surface area (Å²) in [7, 11) is 2.15. The van der Waals surface area contributed by atoms with Gasteiger partial charge in [-0.15, -0.1) is 0 Å². The summed E-state index contributed by atoms with van der Waals surface area (Å²) in [6.45, 7) is 6.04. The van der Waals surface area contributed by atoms with Gasteiger partial charge in [0.05, 0.1) is 16.8 Å². The summed E-state index contributed by atoms with van der Waals surface area (Å²) < 4.78 is 1.72. The SMILES string of the molecule is Cc1nn(-c2ccccc2)c2nc(C(=O)O)cc(-c3ccc(N4CCN(C)CC4)cc3)c12. The smallest absolute Gasteiger partial charge is 0.354 e. The van der Waals surface area contributed by atoms with Crippen LogP contribution in [0.3, 0.4) is 0 Å². The van der Waals surface area contributed by atoms with Crippen LogP contribution < -0.4 is 4.90 Å². The molecule has 0 spiro atoms. The summed E-state index contributed by atoms with van der Waals surface area (Å²) in [6.07, 6.45) is 0. The van der Waals surface area contributed by atoms with Crippen molar-refractivity contribution in [1.82, 2.24) is 19.7 Å². The Morgan fingerprint density at radius 2 is 1.62 bits per heavy atom. The standard InChI is InChI=1S/C25H25N5O2/c1-17-23-21(18-8-10-19(11-9-18)29-14-12-28(2)13-15-29)16-22(25(31)32)26-24(23)30(27-17)20-6-4-3-5-7-20/h3-11,16H,12-15H2,1-2H3,(H,31,32). The number of hydrogen-bond donors (Lipinski definition) is 1. The van der Waals surface area contributed by atoms with Crippen LogP contribution in [0.4, 0.5) is 5.69 Å². The highest BCUT2D eigenvalue weighted by Crippen LogP contribution is 2.33. The number of para-hydroxylation sites is 1. The molecular formula is C25H25N5O2. The summed E-state index contributed by atoms with van der Waals surface area (Å²) in [4.78, 5) is 21.0. The van der Waals surface area contributed by atoms with Gasteiger partial charge in [-0.05, 0) is 55.4 Å². The van der Waals surface area contributed by atoms with Crippen LogP contribution in [0.2, 0.25) is 0 Å². The Morgan fingerprint density at radius 1 is 0.938 bits per heavy atom. The molecule has 0 bridgehead atoms. The van der Waals surface area contributed by atoms with Gasteiger partial charge in [-0.2, -0.15) is 5.10 Å². The Hall–Kier alpha value is -3.71. The average molecular weight is 428 g/mol. The molecule has 1 saturated heterocycles. The van der Waals surface area contributed by atoms with Crippen molar-refractivity contribution in [2.75, 3.05) is 38.1 Å². The first-order valence-corrected chi connectivity index (χ1v) is 10.7. The molecular weight excluding hydrogens is 402 g/mol. The molecule has 5 rings (SSSR count). The molecule has 2 aromatic heterocycles. The summed E-state index contributed by atoms with van der Waals surface area (Å²) in [5.74, 6) is -1.05. The van der Waals surface area contributed by atoms with E-state index in [1.54, 1.807) is 10.7 Å². The lowest BCUT2D eigenvalue weighted by atomic mass is 10.0. The quantitative estimate of drug-likeness (QED) is 0.533. The number of rotatable bonds is 4. The first-order valence-electron chi connectivity index (χ1n) is 10.7. The summed E-state index contributed by atoms with van der Waals surface area (Å²) in [5, 5.41) is 15.3. The number of hydrogen-bond acceptors (Lipinski definition) is 5. The third-order valence-corrected chi connectivity index (χ3v) is 6.08. The number of pyridine rings is 1. The highest BCUT2D eigenvalue weighted by atomic mass is 16.4. The van der Waals surface area contributed by atoms with Crippen molar-refractivity contribution in [3.8, 4) is 16.8 Å². The van der Waals surface area contributed by atoms with Crippen LogP contribution in [0.15, 0.2) is 60.7 Å².